The van der Waals surface area contributed by atoms with Crippen molar-refractivity contribution in [2.45, 2.75) is 57.4 Å². The zero-order valence-corrected chi connectivity index (χ0v) is 15.8. The predicted molar refractivity (Wildman–Crippen MR) is 93.6 cm³/mol. The Balaban J connectivity index is 1.68. The van der Waals surface area contributed by atoms with Crippen molar-refractivity contribution >= 4 is 16.1 Å². The monoisotopic (exact) mass is 357 g/mol. The maximum Gasteiger partial charge on any atom is 0.281 e. The van der Waals surface area contributed by atoms with Crippen LogP contribution >= 0.6 is 0 Å². The van der Waals surface area contributed by atoms with E-state index in [1.54, 1.807) is 18.4 Å². The van der Waals surface area contributed by atoms with Gasteiger partial charge in [0.15, 0.2) is 0 Å². The molecule has 0 unspecified atom stereocenters. The lowest BCUT2D eigenvalue weighted by molar-refractivity contribution is -0.143. The first-order valence-corrected chi connectivity index (χ1v) is 10.8. The Bertz CT molecular complexity index is 557. The minimum Gasteiger partial charge on any atom is -0.339 e. The van der Waals surface area contributed by atoms with Gasteiger partial charge in [-0.05, 0) is 38.0 Å². The Labute approximate surface area is 146 Å². The second-order valence-corrected chi connectivity index (χ2v) is 9.92. The van der Waals surface area contributed by atoms with Crippen LogP contribution in [0.3, 0.4) is 0 Å². The van der Waals surface area contributed by atoms with Gasteiger partial charge in [0.05, 0.1) is 0 Å². The first-order valence-electron chi connectivity index (χ1n) is 9.39. The summed E-state index contributed by atoms with van der Waals surface area (Å²) < 4.78 is 27.7. The Morgan fingerprint density at radius 1 is 0.958 bits per heavy atom. The molecule has 7 heteroatoms. The Morgan fingerprint density at radius 3 is 2.33 bits per heavy atom. The fourth-order valence-electron chi connectivity index (χ4n) is 4.67. The third kappa shape index (κ3) is 3.48. The molecule has 1 saturated carbocycles. The Kier molecular flexibility index (Phi) is 5.52. The summed E-state index contributed by atoms with van der Waals surface area (Å²) in [6, 6.07) is 0.238. The summed E-state index contributed by atoms with van der Waals surface area (Å²) in [5, 5.41) is 0. The highest BCUT2D eigenvalue weighted by Gasteiger charge is 2.42. The lowest BCUT2D eigenvalue weighted by Gasteiger charge is -2.48. The van der Waals surface area contributed by atoms with E-state index in [-0.39, 0.29) is 17.9 Å². The van der Waals surface area contributed by atoms with Gasteiger partial charge in [-0.15, -0.1) is 0 Å². The van der Waals surface area contributed by atoms with Crippen LogP contribution in [0.4, 0.5) is 0 Å². The van der Waals surface area contributed by atoms with E-state index >= 15 is 0 Å². The summed E-state index contributed by atoms with van der Waals surface area (Å²) in [6.07, 6.45) is 8.47. The summed E-state index contributed by atoms with van der Waals surface area (Å²) in [4.78, 5) is 15.1. The van der Waals surface area contributed by atoms with Gasteiger partial charge < -0.3 is 4.90 Å². The third-order valence-electron chi connectivity index (χ3n) is 6.06. The number of hydrogen-bond acceptors (Lipinski definition) is 3. The van der Waals surface area contributed by atoms with Crippen molar-refractivity contribution in [2.75, 3.05) is 33.7 Å². The van der Waals surface area contributed by atoms with Crippen molar-refractivity contribution in [3.63, 3.8) is 0 Å². The van der Waals surface area contributed by atoms with Crippen LogP contribution in [0.15, 0.2) is 0 Å². The SMILES string of the molecule is CN(C)S(=O)(=O)N1CC[C@H]2[C@H](CCCN2C(=O)C2CCCCC2)C1. The number of carbonyl (C=O) groups is 1. The molecule has 2 atom stereocenters. The molecule has 2 aliphatic heterocycles. The topological polar surface area (TPSA) is 60.9 Å². The van der Waals surface area contributed by atoms with Gasteiger partial charge >= 0.3 is 0 Å². The van der Waals surface area contributed by atoms with Gasteiger partial charge in [-0.25, -0.2) is 0 Å². The molecule has 3 aliphatic rings. The quantitative estimate of drug-likeness (QED) is 0.772. The summed E-state index contributed by atoms with van der Waals surface area (Å²) in [5.41, 5.74) is 0. The number of nitrogens with zero attached hydrogens (tertiary/aromatic N) is 3. The fourth-order valence-corrected chi connectivity index (χ4v) is 5.85. The van der Waals surface area contributed by atoms with Crippen molar-refractivity contribution in [3.8, 4) is 0 Å². The summed E-state index contributed by atoms with van der Waals surface area (Å²) >= 11 is 0. The predicted octanol–water partition coefficient (Wildman–Crippen LogP) is 1.69. The largest absolute Gasteiger partial charge is 0.339 e. The van der Waals surface area contributed by atoms with E-state index in [1.807, 2.05) is 0 Å². The van der Waals surface area contributed by atoms with Crippen LogP contribution in [0.25, 0.3) is 0 Å². The normalized spacial score (nSPS) is 30.4. The lowest BCUT2D eigenvalue weighted by Crippen LogP contribution is -2.58. The van der Waals surface area contributed by atoms with Gasteiger partial charge in [0.1, 0.15) is 0 Å². The molecule has 138 valence electrons. The highest BCUT2D eigenvalue weighted by molar-refractivity contribution is 7.86. The van der Waals surface area contributed by atoms with Crippen molar-refractivity contribution in [2.24, 2.45) is 11.8 Å². The first-order chi connectivity index (χ1) is 11.4. The molecule has 0 bridgehead atoms. The van der Waals surface area contributed by atoms with E-state index in [0.29, 0.717) is 19.0 Å². The molecule has 3 rings (SSSR count). The molecule has 6 nitrogen and oxygen atoms in total. The number of piperidine rings is 2. The highest BCUT2D eigenvalue weighted by Crippen LogP contribution is 2.35. The molecular weight excluding hydrogens is 326 g/mol. The molecule has 0 aromatic carbocycles. The van der Waals surface area contributed by atoms with E-state index in [1.165, 1.54) is 23.6 Å². The van der Waals surface area contributed by atoms with Gasteiger partial charge in [-0.1, -0.05) is 19.3 Å². The van der Waals surface area contributed by atoms with E-state index in [9.17, 15) is 13.2 Å². The van der Waals surface area contributed by atoms with Gasteiger partial charge in [0.2, 0.25) is 5.91 Å². The van der Waals surface area contributed by atoms with Crippen LogP contribution in [-0.4, -0.2) is 67.6 Å². The minimum absolute atomic E-state index is 0.209. The fraction of sp³-hybridized carbons (Fsp3) is 0.941. The molecule has 0 spiro atoms. The summed E-state index contributed by atoms with van der Waals surface area (Å²) in [6.45, 7) is 1.94. The zero-order valence-electron chi connectivity index (χ0n) is 15.0. The van der Waals surface area contributed by atoms with E-state index in [4.69, 9.17) is 0 Å². The average molecular weight is 358 g/mol. The number of likely N-dealkylation sites (tertiary alicyclic amines) is 1. The van der Waals surface area contributed by atoms with Crippen LogP contribution in [0.2, 0.25) is 0 Å². The highest BCUT2D eigenvalue weighted by atomic mass is 32.2. The van der Waals surface area contributed by atoms with Gasteiger partial charge in [0.25, 0.3) is 10.2 Å². The number of amides is 1. The molecule has 3 fully saturated rings. The number of fused-ring (bicyclic) bond motifs is 1. The van der Waals surface area contributed by atoms with Gasteiger partial charge in [0, 0.05) is 45.7 Å². The molecule has 0 N–H and O–H groups in total. The van der Waals surface area contributed by atoms with E-state index < -0.39 is 10.2 Å². The van der Waals surface area contributed by atoms with Crippen LogP contribution in [-0.2, 0) is 15.0 Å². The molecule has 2 saturated heterocycles. The van der Waals surface area contributed by atoms with Crippen LogP contribution < -0.4 is 0 Å². The maximum atomic E-state index is 13.0. The smallest absolute Gasteiger partial charge is 0.281 e. The molecule has 1 amide bonds. The van der Waals surface area contributed by atoms with E-state index in [2.05, 4.69) is 4.90 Å². The van der Waals surface area contributed by atoms with Crippen molar-refractivity contribution in [3.05, 3.63) is 0 Å². The average Bonchev–Trinajstić information content (AvgIpc) is 2.60. The molecule has 0 radical (unpaired) electrons. The molecule has 0 aromatic rings. The van der Waals surface area contributed by atoms with Crippen LogP contribution in [0.5, 0.6) is 0 Å². The Morgan fingerprint density at radius 2 is 1.67 bits per heavy atom. The van der Waals surface area contributed by atoms with Crippen molar-refractivity contribution in [1.82, 2.24) is 13.5 Å². The molecule has 2 heterocycles. The molecular formula is C17H31N3O3S. The van der Waals surface area contributed by atoms with Gasteiger partial charge in [-0.3, -0.25) is 4.79 Å². The molecule has 0 aromatic heterocycles. The lowest BCUT2D eigenvalue weighted by atomic mass is 9.82. The van der Waals surface area contributed by atoms with Crippen LogP contribution in [0, 0.1) is 11.8 Å². The first kappa shape index (κ1) is 18.1. The molecule has 24 heavy (non-hydrogen) atoms. The number of carbonyl (C=O) groups excluding carboxylic acids is 1. The number of hydrogen-bond donors (Lipinski definition) is 0. The Hall–Kier alpha value is -0.660. The summed E-state index contributed by atoms with van der Waals surface area (Å²) in [7, 11) is -0.176. The van der Waals surface area contributed by atoms with E-state index in [0.717, 1.165) is 38.6 Å². The van der Waals surface area contributed by atoms with Crippen LogP contribution in [0.1, 0.15) is 51.4 Å². The summed E-state index contributed by atoms with van der Waals surface area (Å²) in [5.74, 6) is 0.837. The maximum absolute atomic E-state index is 13.0. The number of rotatable bonds is 3. The molecule has 1 aliphatic carbocycles. The standard InChI is InChI=1S/C17H31N3O3S/c1-18(2)24(22,23)19-12-10-16-15(13-19)9-6-11-20(16)17(21)14-7-4-3-5-8-14/h14-16H,3-13H2,1-2H3/t15-,16+/m1/s1. The minimum atomic E-state index is -3.35. The zero-order chi connectivity index (χ0) is 17.3. The second kappa shape index (κ2) is 7.30. The van der Waals surface area contributed by atoms with Crippen molar-refractivity contribution in [1.29, 1.82) is 0 Å². The second-order valence-electron chi connectivity index (χ2n) is 7.77. The van der Waals surface area contributed by atoms with Gasteiger partial charge in [-0.2, -0.15) is 17.0 Å². The van der Waals surface area contributed by atoms with Crippen molar-refractivity contribution < 1.29 is 13.2 Å². The third-order valence-corrected chi connectivity index (χ3v) is 7.96.